The van der Waals surface area contributed by atoms with Crippen LogP contribution in [0.3, 0.4) is 0 Å². The standard InChI is InChI=1S/C21H23BrN2O/c22-9-7-13-12-23-10-8-21-16-3-1-2-4-17(16)24-19(25)6-5-14(20(21)24)15(13)11-18(21)23/h1-4,7,14-15,18,20H,5-6,8-12H2/b13-7-/t14-,15-,18-,20+,21-/m1/s1. The summed E-state index contributed by atoms with van der Waals surface area (Å²) in [6, 6.07) is 9.82. The molecule has 0 radical (unpaired) electrons. The van der Waals surface area contributed by atoms with Crippen LogP contribution in [-0.2, 0) is 10.2 Å². The molecule has 4 fully saturated rings. The molecule has 130 valence electrons. The van der Waals surface area contributed by atoms with Gasteiger partial charge in [-0.3, -0.25) is 9.69 Å². The minimum Gasteiger partial charge on any atom is -0.308 e. The zero-order valence-corrected chi connectivity index (χ0v) is 15.9. The molecule has 3 saturated heterocycles. The molecule has 25 heavy (non-hydrogen) atoms. The number of benzene rings is 1. The van der Waals surface area contributed by atoms with Crippen LogP contribution in [0.5, 0.6) is 0 Å². The second-order valence-electron chi connectivity index (χ2n) is 8.48. The highest BCUT2D eigenvalue weighted by molar-refractivity contribution is 9.09. The van der Waals surface area contributed by atoms with Crippen molar-refractivity contribution < 1.29 is 4.79 Å². The fourth-order valence-corrected chi connectivity index (χ4v) is 7.58. The molecule has 2 bridgehead atoms. The van der Waals surface area contributed by atoms with Gasteiger partial charge >= 0.3 is 0 Å². The summed E-state index contributed by atoms with van der Waals surface area (Å²) >= 11 is 3.62. The van der Waals surface area contributed by atoms with Crippen molar-refractivity contribution in [3.63, 3.8) is 0 Å². The van der Waals surface area contributed by atoms with E-state index in [0.29, 0.717) is 29.8 Å². The summed E-state index contributed by atoms with van der Waals surface area (Å²) in [4.78, 5) is 17.9. The monoisotopic (exact) mass is 398 g/mol. The molecular weight excluding hydrogens is 376 g/mol. The number of amides is 1. The number of halogens is 1. The van der Waals surface area contributed by atoms with Crippen LogP contribution in [0.1, 0.15) is 31.2 Å². The highest BCUT2D eigenvalue weighted by atomic mass is 79.9. The molecule has 1 aromatic carbocycles. The van der Waals surface area contributed by atoms with E-state index in [1.54, 1.807) is 5.57 Å². The Bertz CT molecular complexity index is 805. The molecular formula is C21H23BrN2O. The lowest BCUT2D eigenvalue weighted by Crippen LogP contribution is -2.66. The molecule has 1 spiro atoms. The number of para-hydroxylation sites is 1. The summed E-state index contributed by atoms with van der Waals surface area (Å²) in [5.41, 5.74) is 4.51. The van der Waals surface area contributed by atoms with E-state index in [1.165, 1.54) is 30.6 Å². The maximum Gasteiger partial charge on any atom is 0.227 e. The van der Waals surface area contributed by atoms with Gasteiger partial charge in [0, 0.05) is 35.4 Å². The predicted octanol–water partition coefficient (Wildman–Crippen LogP) is 3.48. The number of carbonyl (C=O) groups is 1. The lowest BCUT2D eigenvalue weighted by atomic mass is 9.54. The number of piperidine rings is 2. The second-order valence-corrected chi connectivity index (χ2v) is 9.13. The number of anilines is 1. The molecule has 0 N–H and O–H groups in total. The zero-order valence-electron chi connectivity index (χ0n) is 14.3. The van der Waals surface area contributed by atoms with Gasteiger partial charge in [-0.25, -0.2) is 0 Å². The molecule has 5 aliphatic rings. The Morgan fingerprint density at radius 2 is 2.20 bits per heavy atom. The molecule has 4 heteroatoms. The molecule has 6 rings (SSSR count). The molecule has 1 amide bonds. The molecule has 4 heterocycles. The second kappa shape index (κ2) is 4.98. The molecule has 3 nitrogen and oxygen atoms in total. The van der Waals surface area contributed by atoms with Crippen molar-refractivity contribution in [2.75, 3.05) is 23.3 Å². The van der Waals surface area contributed by atoms with Gasteiger partial charge in [-0.1, -0.05) is 45.8 Å². The number of hydrogen-bond acceptors (Lipinski definition) is 2. The van der Waals surface area contributed by atoms with Crippen LogP contribution in [0.4, 0.5) is 5.69 Å². The predicted molar refractivity (Wildman–Crippen MR) is 102 cm³/mol. The van der Waals surface area contributed by atoms with E-state index in [1.807, 2.05) is 0 Å². The van der Waals surface area contributed by atoms with E-state index in [9.17, 15) is 4.79 Å². The van der Waals surface area contributed by atoms with E-state index in [2.05, 4.69) is 56.1 Å². The molecule has 1 aliphatic carbocycles. The maximum absolute atomic E-state index is 13.0. The van der Waals surface area contributed by atoms with E-state index >= 15 is 0 Å². The topological polar surface area (TPSA) is 23.6 Å². The SMILES string of the molecule is O=C1CC[C@@H]2[C@@H]3C[C@H]4N(CC[C@@]45c4ccccc4N1[C@@H]25)C/C3=C/CBr. The van der Waals surface area contributed by atoms with Gasteiger partial charge in [0.1, 0.15) is 0 Å². The van der Waals surface area contributed by atoms with Gasteiger partial charge in [0.25, 0.3) is 0 Å². The third-order valence-electron chi connectivity index (χ3n) is 7.88. The number of carbonyl (C=O) groups excluding carboxylic acids is 1. The maximum atomic E-state index is 13.0. The van der Waals surface area contributed by atoms with Crippen LogP contribution in [0.2, 0.25) is 0 Å². The number of nitrogens with zero attached hydrogens (tertiary/aromatic N) is 2. The van der Waals surface area contributed by atoms with Crippen molar-refractivity contribution in [3.05, 3.63) is 41.5 Å². The molecule has 0 unspecified atom stereocenters. The number of fused-ring (bicyclic) bond motifs is 4. The summed E-state index contributed by atoms with van der Waals surface area (Å²) < 4.78 is 0. The Hall–Kier alpha value is -1.13. The first kappa shape index (κ1) is 15.0. The first-order chi connectivity index (χ1) is 12.3. The smallest absolute Gasteiger partial charge is 0.227 e. The normalized spacial score (nSPS) is 42.7. The summed E-state index contributed by atoms with van der Waals surface area (Å²) in [6.45, 7) is 2.32. The highest BCUT2D eigenvalue weighted by Gasteiger charge is 2.68. The zero-order chi connectivity index (χ0) is 16.8. The molecule has 5 atom stereocenters. The Kier molecular flexibility index (Phi) is 2.98. The van der Waals surface area contributed by atoms with E-state index in [0.717, 1.165) is 24.7 Å². The van der Waals surface area contributed by atoms with Crippen LogP contribution in [0, 0.1) is 11.8 Å². The number of hydrogen-bond donors (Lipinski definition) is 0. The van der Waals surface area contributed by atoms with E-state index < -0.39 is 0 Å². The van der Waals surface area contributed by atoms with Crippen LogP contribution >= 0.6 is 15.9 Å². The van der Waals surface area contributed by atoms with Crippen LogP contribution in [0.15, 0.2) is 35.9 Å². The molecule has 4 aliphatic heterocycles. The fraction of sp³-hybridized carbons (Fsp3) is 0.571. The largest absolute Gasteiger partial charge is 0.308 e. The number of rotatable bonds is 1. The van der Waals surface area contributed by atoms with Crippen molar-refractivity contribution in [2.24, 2.45) is 11.8 Å². The molecule has 1 saturated carbocycles. The quantitative estimate of drug-likeness (QED) is 0.533. The minimum atomic E-state index is 0.188. The molecule has 0 aromatic heterocycles. The van der Waals surface area contributed by atoms with Crippen LogP contribution in [-0.4, -0.2) is 41.3 Å². The van der Waals surface area contributed by atoms with Gasteiger partial charge in [-0.2, -0.15) is 0 Å². The highest BCUT2D eigenvalue weighted by Crippen LogP contribution is 2.64. The van der Waals surface area contributed by atoms with Crippen molar-refractivity contribution in [1.29, 1.82) is 0 Å². The average Bonchev–Trinajstić information content (AvgIpc) is 3.17. The van der Waals surface area contributed by atoms with Gasteiger partial charge in [-0.15, -0.1) is 0 Å². The fourth-order valence-electron chi connectivity index (χ4n) is 7.16. The van der Waals surface area contributed by atoms with Gasteiger partial charge in [0.2, 0.25) is 5.91 Å². The average molecular weight is 399 g/mol. The first-order valence-corrected chi connectivity index (χ1v) is 10.8. The lowest BCUT2D eigenvalue weighted by molar-refractivity contribution is -0.123. The van der Waals surface area contributed by atoms with Crippen molar-refractivity contribution in [1.82, 2.24) is 4.90 Å². The summed E-state index contributed by atoms with van der Waals surface area (Å²) in [7, 11) is 0. The summed E-state index contributed by atoms with van der Waals surface area (Å²) in [5, 5.41) is 0.947. The van der Waals surface area contributed by atoms with Crippen molar-refractivity contribution in [3.8, 4) is 0 Å². The third-order valence-corrected chi connectivity index (χ3v) is 8.20. The summed E-state index contributed by atoms with van der Waals surface area (Å²) in [5.74, 6) is 1.65. The Labute approximate surface area is 157 Å². The van der Waals surface area contributed by atoms with E-state index in [-0.39, 0.29) is 5.41 Å². The van der Waals surface area contributed by atoms with Gasteiger partial charge in [0.15, 0.2) is 0 Å². The van der Waals surface area contributed by atoms with Gasteiger partial charge in [-0.05, 0) is 49.3 Å². The van der Waals surface area contributed by atoms with Crippen molar-refractivity contribution in [2.45, 2.75) is 43.2 Å². The van der Waals surface area contributed by atoms with E-state index in [4.69, 9.17) is 0 Å². The number of alkyl halides is 1. The van der Waals surface area contributed by atoms with Gasteiger partial charge in [0.05, 0.1) is 6.04 Å². The minimum absolute atomic E-state index is 0.188. The van der Waals surface area contributed by atoms with Crippen LogP contribution < -0.4 is 4.90 Å². The van der Waals surface area contributed by atoms with Crippen LogP contribution in [0.25, 0.3) is 0 Å². The summed E-state index contributed by atoms with van der Waals surface area (Å²) in [6.07, 6.45) is 6.71. The third kappa shape index (κ3) is 1.64. The van der Waals surface area contributed by atoms with Crippen molar-refractivity contribution >= 4 is 27.5 Å². The lowest BCUT2D eigenvalue weighted by Gasteiger charge is -2.57. The Balaban J connectivity index is 1.60. The first-order valence-electron chi connectivity index (χ1n) is 9.66. The van der Waals surface area contributed by atoms with Gasteiger partial charge < -0.3 is 4.90 Å². The Morgan fingerprint density at radius 1 is 1.32 bits per heavy atom. The Morgan fingerprint density at radius 3 is 3.08 bits per heavy atom. The molecule has 1 aromatic rings. The number of allylic oxidation sites excluding steroid dienone is 1.